The number of alkyl halides is 3. The van der Waals surface area contributed by atoms with Crippen LogP contribution in [0.4, 0.5) is 24.9 Å². The summed E-state index contributed by atoms with van der Waals surface area (Å²) in [6.07, 6.45) is 7.65. The minimum Gasteiger partial charge on any atom is -0.405 e. The molecule has 0 radical (unpaired) electrons. The Morgan fingerprint density at radius 3 is 2.48 bits per heavy atom. The van der Waals surface area contributed by atoms with Gasteiger partial charge in [0.2, 0.25) is 5.95 Å². The first-order valence-corrected chi connectivity index (χ1v) is 16.9. The van der Waals surface area contributed by atoms with E-state index >= 15 is 0 Å². The number of ether oxygens (including phenoxy) is 2. The summed E-state index contributed by atoms with van der Waals surface area (Å²) in [6, 6.07) is 10.1. The highest BCUT2D eigenvalue weighted by molar-refractivity contribution is 5.53. The Labute approximate surface area is 268 Å². The van der Waals surface area contributed by atoms with Crippen LogP contribution in [0.15, 0.2) is 30.5 Å². The number of rotatable bonds is 10. The molecule has 46 heavy (non-hydrogen) atoms. The Hall–Kier alpha value is -3.14. The molecule has 4 aliphatic carbocycles. The van der Waals surface area contributed by atoms with E-state index in [1.54, 1.807) is 12.1 Å². The molecule has 6 aliphatic rings. The molecule has 8 rings (SSSR count). The summed E-state index contributed by atoms with van der Waals surface area (Å²) < 4.78 is 48.3. The summed E-state index contributed by atoms with van der Waals surface area (Å²) in [6.45, 7) is 4.96. The number of likely N-dealkylation sites (tertiary alicyclic amines) is 1. The van der Waals surface area contributed by atoms with Gasteiger partial charge in [0.15, 0.2) is 0 Å². The molecular weight excluding hydrogens is 595 g/mol. The van der Waals surface area contributed by atoms with Crippen molar-refractivity contribution in [2.75, 3.05) is 43.5 Å². The van der Waals surface area contributed by atoms with Crippen LogP contribution < -0.4 is 20.7 Å². The number of nitrogens with one attached hydrogen (secondary N) is 3. The van der Waals surface area contributed by atoms with Gasteiger partial charge < -0.3 is 30.3 Å². The highest BCUT2D eigenvalue weighted by Gasteiger charge is 2.55. The molecular formula is C34H44F3N7O2. The fourth-order valence-corrected chi connectivity index (χ4v) is 9.44. The van der Waals surface area contributed by atoms with Crippen LogP contribution in [0.1, 0.15) is 68.9 Å². The molecule has 0 spiro atoms. The maximum atomic E-state index is 12.9. The Bertz CT molecular complexity index is 1390. The van der Waals surface area contributed by atoms with Crippen molar-refractivity contribution < 1.29 is 22.6 Å². The first kappa shape index (κ1) is 31.5. The lowest BCUT2D eigenvalue weighted by Crippen LogP contribution is -2.62. The lowest BCUT2D eigenvalue weighted by molar-refractivity contribution is -0.274. The van der Waals surface area contributed by atoms with Gasteiger partial charge in [-0.1, -0.05) is 18.2 Å². The van der Waals surface area contributed by atoms with Crippen LogP contribution in [-0.4, -0.2) is 72.2 Å². The molecule has 5 atom stereocenters. The summed E-state index contributed by atoms with van der Waals surface area (Å²) in [5, 5.41) is 20.5. The van der Waals surface area contributed by atoms with Crippen molar-refractivity contribution in [3.63, 3.8) is 0 Å². The van der Waals surface area contributed by atoms with Crippen molar-refractivity contribution in [2.45, 2.75) is 88.8 Å². The molecule has 0 amide bonds. The minimum absolute atomic E-state index is 0.0372. The molecule has 3 N–H and O–H groups in total. The number of hydrogen-bond donors (Lipinski definition) is 3. The van der Waals surface area contributed by atoms with E-state index in [-0.39, 0.29) is 23.7 Å². The van der Waals surface area contributed by atoms with Gasteiger partial charge in [0.1, 0.15) is 23.2 Å². The summed E-state index contributed by atoms with van der Waals surface area (Å²) in [5.74, 6) is 2.54. The van der Waals surface area contributed by atoms with Crippen LogP contribution in [0.2, 0.25) is 0 Å². The zero-order valence-corrected chi connectivity index (χ0v) is 26.2. The zero-order valence-electron chi connectivity index (χ0n) is 26.2. The second kappa shape index (κ2) is 13.2. The number of piperidine rings is 1. The van der Waals surface area contributed by atoms with Crippen molar-refractivity contribution in [1.29, 1.82) is 5.26 Å². The molecule has 2 saturated heterocycles. The highest BCUT2D eigenvalue weighted by atomic mass is 19.4. The molecule has 12 heteroatoms. The van der Waals surface area contributed by atoms with Gasteiger partial charge in [-0.2, -0.15) is 10.2 Å². The fourth-order valence-electron chi connectivity index (χ4n) is 9.44. The van der Waals surface area contributed by atoms with E-state index in [4.69, 9.17) is 4.74 Å². The number of nitrogens with zero attached hydrogens (tertiary/aromatic N) is 4. The Kier molecular flexibility index (Phi) is 9.00. The molecule has 1 aromatic heterocycles. The minimum atomic E-state index is -4.78. The molecule has 3 heterocycles. The number of hydrogen-bond acceptors (Lipinski definition) is 9. The molecule has 248 valence electrons. The molecule has 3 unspecified atom stereocenters. The third kappa shape index (κ3) is 7.06. The summed E-state index contributed by atoms with van der Waals surface area (Å²) in [7, 11) is 0. The highest BCUT2D eigenvalue weighted by Crippen LogP contribution is 2.60. The van der Waals surface area contributed by atoms with Gasteiger partial charge in [0, 0.05) is 50.0 Å². The molecule has 1 aromatic carbocycles. The Balaban J connectivity index is 0.954. The summed E-state index contributed by atoms with van der Waals surface area (Å²) in [4.78, 5) is 11.5. The van der Waals surface area contributed by atoms with E-state index in [0.29, 0.717) is 46.9 Å². The molecule has 6 fully saturated rings. The van der Waals surface area contributed by atoms with Crippen LogP contribution in [-0.2, 0) is 11.3 Å². The normalized spacial score (nSPS) is 30.2. The lowest BCUT2D eigenvalue weighted by Gasteiger charge is -2.61. The molecule has 2 aliphatic heterocycles. The third-order valence-corrected chi connectivity index (χ3v) is 11.2. The average Bonchev–Trinajstić information content (AvgIpc) is 3.05. The number of benzene rings is 1. The number of halogens is 3. The van der Waals surface area contributed by atoms with Crippen LogP contribution in [0.3, 0.4) is 0 Å². The van der Waals surface area contributed by atoms with Gasteiger partial charge in [-0.15, -0.1) is 13.2 Å². The third-order valence-electron chi connectivity index (χ3n) is 11.2. The van der Waals surface area contributed by atoms with Crippen molar-refractivity contribution in [1.82, 2.24) is 20.2 Å². The van der Waals surface area contributed by atoms with Crippen molar-refractivity contribution in [3.05, 3.63) is 41.6 Å². The molecule has 9 nitrogen and oxygen atoms in total. The quantitative estimate of drug-likeness (QED) is 0.302. The van der Waals surface area contributed by atoms with E-state index < -0.39 is 6.36 Å². The van der Waals surface area contributed by atoms with Gasteiger partial charge in [0.25, 0.3) is 0 Å². The molecule has 2 aromatic rings. The first-order chi connectivity index (χ1) is 22.3. The predicted molar refractivity (Wildman–Crippen MR) is 167 cm³/mol. The second-order valence-corrected chi connectivity index (χ2v) is 14.2. The van der Waals surface area contributed by atoms with Crippen LogP contribution >= 0.6 is 0 Å². The van der Waals surface area contributed by atoms with E-state index in [0.717, 1.165) is 25.7 Å². The van der Waals surface area contributed by atoms with Crippen molar-refractivity contribution in [2.24, 2.45) is 23.2 Å². The molecule has 4 bridgehead atoms. The van der Waals surface area contributed by atoms with Crippen LogP contribution in [0.25, 0.3) is 0 Å². The van der Waals surface area contributed by atoms with E-state index in [9.17, 15) is 18.4 Å². The average molecular weight is 640 g/mol. The smallest absolute Gasteiger partial charge is 0.405 e. The largest absolute Gasteiger partial charge is 0.573 e. The Morgan fingerprint density at radius 2 is 1.76 bits per heavy atom. The number of aromatic nitrogens is 2. The number of nitriles is 1. The maximum absolute atomic E-state index is 12.9. The topological polar surface area (TPSA) is 107 Å². The van der Waals surface area contributed by atoms with E-state index in [2.05, 4.69) is 41.6 Å². The monoisotopic (exact) mass is 639 g/mol. The lowest BCUT2D eigenvalue weighted by atomic mass is 9.48. The zero-order chi connectivity index (χ0) is 31.7. The van der Waals surface area contributed by atoms with Gasteiger partial charge in [0.05, 0.1) is 6.20 Å². The second-order valence-electron chi connectivity index (χ2n) is 14.2. The van der Waals surface area contributed by atoms with Gasteiger partial charge in [-0.25, -0.2) is 4.98 Å². The summed E-state index contributed by atoms with van der Waals surface area (Å²) in [5.41, 5.74) is 0.854. The first-order valence-electron chi connectivity index (χ1n) is 16.9. The van der Waals surface area contributed by atoms with Crippen molar-refractivity contribution in [3.8, 4) is 11.8 Å². The predicted octanol–water partition coefficient (Wildman–Crippen LogP) is 5.70. The van der Waals surface area contributed by atoms with Gasteiger partial charge in [-0.3, -0.25) is 0 Å². The van der Waals surface area contributed by atoms with Gasteiger partial charge in [-0.05, 0) is 100 Å². The molecule has 4 saturated carbocycles. The maximum Gasteiger partial charge on any atom is 0.573 e. The van der Waals surface area contributed by atoms with Crippen LogP contribution in [0.5, 0.6) is 5.75 Å². The van der Waals surface area contributed by atoms with E-state index in [1.807, 2.05) is 0 Å². The van der Waals surface area contributed by atoms with E-state index in [1.165, 1.54) is 89.2 Å². The van der Waals surface area contributed by atoms with Crippen molar-refractivity contribution >= 4 is 11.8 Å². The van der Waals surface area contributed by atoms with Crippen LogP contribution in [0, 0.1) is 34.5 Å². The van der Waals surface area contributed by atoms with Gasteiger partial charge >= 0.3 is 6.36 Å². The number of para-hydroxylation sites is 1. The standard InChI is InChI=1S/C34H44F3N7O2/c35-34(36,37)46-29-4-2-1-3-23(29)19-39-32-40-20-26(18-38)31(43-32)41-21-33-15-22-13-24(16-33)30(25(14-22)17-33)42-27-5-9-44(10-6-27)28-7-11-45-12-8-28/h1-4,20,22,24-25,27-28,30,42H,5-17,19,21H2,(H2,39,40,41,43)/t22?,24-,25+,30?,33?. The summed E-state index contributed by atoms with van der Waals surface area (Å²) >= 11 is 0. The Morgan fingerprint density at radius 1 is 1.02 bits per heavy atom. The number of anilines is 2. The SMILES string of the molecule is N#Cc1cnc(NCc2ccccc2OC(F)(F)F)nc1NCC12CC3C[C@H](C1)C(NC1CCN(C4CCOCC4)CC1)[C@@H](C3)C2. The fraction of sp³-hybridized carbons (Fsp3) is 0.676.